The van der Waals surface area contributed by atoms with Crippen LogP contribution < -0.4 is 21.3 Å². The van der Waals surface area contributed by atoms with Crippen LogP contribution in [-0.4, -0.2) is 59.8 Å². The minimum atomic E-state index is -4.64. The Morgan fingerprint density at radius 3 is 2.37 bits per heavy atom. The molecule has 0 spiro atoms. The average molecular weight is 644 g/mol. The Hall–Kier alpha value is -5.82. The smallest absolute Gasteiger partial charge is 0.446 e. The molecule has 0 saturated heterocycles. The first kappa shape index (κ1) is 38.2. The lowest BCUT2D eigenvalue weighted by atomic mass is 10.0. The van der Waals surface area contributed by atoms with Gasteiger partial charge in [-0.1, -0.05) is 42.5 Å². The summed E-state index contributed by atoms with van der Waals surface area (Å²) >= 11 is 0. The molecule has 1 atom stereocenters. The Morgan fingerprint density at radius 1 is 1.07 bits per heavy atom. The van der Waals surface area contributed by atoms with Crippen LogP contribution in [0.3, 0.4) is 0 Å². The number of pyridine rings is 1. The molecule has 0 aliphatic heterocycles. The van der Waals surface area contributed by atoms with Crippen molar-refractivity contribution < 1.29 is 42.6 Å². The molecule has 6 N–H and O–H groups in total. The number of ether oxygens (including phenoxy) is 1. The normalized spacial score (nSPS) is 11.2. The lowest BCUT2D eigenvalue weighted by Crippen LogP contribution is -2.39. The number of anilines is 1. The van der Waals surface area contributed by atoms with Gasteiger partial charge in [-0.25, -0.2) is 4.99 Å². The Balaban J connectivity index is 0.00000138. The molecule has 3 rings (SSSR count). The second kappa shape index (κ2) is 20.2. The lowest BCUT2D eigenvalue weighted by molar-refractivity contribution is -0.156. The molecule has 16 heteroatoms. The maximum atomic E-state index is 12.7. The van der Waals surface area contributed by atoms with Crippen LogP contribution >= 0.6 is 0 Å². The maximum Gasteiger partial charge on any atom is 0.446 e. The van der Waals surface area contributed by atoms with Gasteiger partial charge in [-0.05, 0) is 42.8 Å². The van der Waals surface area contributed by atoms with Gasteiger partial charge in [0.1, 0.15) is 0 Å². The van der Waals surface area contributed by atoms with Crippen LogP contribution in [0.2, 0.25) is 0 Å². The van der Waals surface area contributed by atoms with E-state index in [9.17, 15) is 27.6 Å². The zero-order chi connectivity index (χ0) is 33.1. The van der Waals surface area contributed by atoms with Gasteiger partial charge >= 0.3 is 12.1 Å². The number of hydrogen-bond donors (Lipinski definition) is 4. The summed E-state index contributed by atoms with van der Waals surface area (Å²) in [7, 11) is 0. The van der Waals surface area contributed by atoms with Crippen molar-refractivity contribution in [2.45, 2.75) is 32.1 Å². The van der Waals surface area contributed by atoms with Crippen molar-refractivity contribution in [1.82, 2.24) is 20.9 Å². The van der Waals surface area contributed by atoms with E-state index < -0.39 is 36.3 Å². The van der Waals surface area contributed by atoms with E-state index in [-0.39, 0.29) is 37.6 Å². The first-order chi connectivity index (χ1) is 21.5. The minimum Gasteiger partial charge on any atom is -0.466 e. The predicted molar refractivity (Wildman–Crippen MR) is 161 cm³/mol. The summed E-state index contributed by atoms with van der Waals surface area (Å²) in [5, 5.41) is 19.9. The lowest BCUT2D eigenvalue weighted by Gasteiger charge is -2.19. The Morgan fingerprint density at radius 2 is 1.76 bits per heavy atom. The molecule has 46 heavy (non-hydrogen) atoms. The van der Waals surface area contributed by atoms with Crippen molar-refractivity contribution >= 4 is 35.7 Å². The summed E-state index contributed by atoms with van der Waals surface area (Å²) in [4.78, 5) is 54.6. The second-order valence-corrected chi connectivity index (χ2v) is 8.81. The predicted octanol–water partition coefficient (Wildman–Crippen LogP) is 2.58. The highest BCUT2D eigenvalue weighted by Crippen LogP contribution is 2.17. The van der Waals surface area contributed by atoms with Gasteiger partial charge in [-0.2, -0.15) is 18.4 Å². The van der Waals surface area contributed by atoms with Crippen LogP contribution in [0.4, 0.5) is 18.9 Å². The van der Waals surface area contributed by atoms with Gasteiger partial charge in [0, 0.05) is 17.4 Å². The third-order valence-corrected chi connectivity index (χ3v) is 5.44. The monoisotopic (exact) mass is 643 g/mol. The number of esters is 1. The molecule has 13 nitrogen and oxygen atoms in total. The van der Waals surface area contributed by atoms with Crippen LogP contribution in [-0.2, 0) is 25.7 Å². The van der Waals surface area contributed by atoms with Gasteiger partial charge in [0.15, 0.2) is 6.19 Å². The summed E-state index contributed by atoms with van der Waals surface area (Å²) in [5.74, 6) is -1.18. The van der Waals surface area contributed by atoms with Gasteiger partial charge < -0.3 is 26.2 Å². The number of amides is 2. The summed E-state index contributed by atoms with van der Waals surface area (Å²) in [6.45, 7) is 1.90. The molecule has 2 amide bonds. The molecule has 0 fully saturated rings. The number of aromatic nitrogens is 1. The van der Waals surface area contributed by atoms with Gasteiger partial charge in [0.2, 0.25) is 18.2 Å². The molecule has 244 valence electrons. The minimum absolute atomic E-state index is 0. The number of aldehydes is 1. The van der Waals surface area contributed by atoms with Gasteiger partial charge in [0.25, 0.3) is 5.91 Å². The number of guanidine groups is 1. The van der Waals surface area contributed by atoms with Crippen LogP contribution in [0.15, 0.2) is 84.0 Å². The van der Waals surface area contributed by atoms with Crippen molar-refractivity contribution in [2.24, 2.45) is 4.99 Å². The third-order valence-electron chi connectivity index (χ3n) is 5.44. The van der Waals surface area contributed by atoms with Crippen molar-refractivity contribution in [3.8, 4) is 6.19 Å². The van der Waals surface area contributed by atoms with E-state index in [1.54, 1.807) is 55.6 Å². The molecule has 3 aromatic rings. The Labute approximate surface area is 262 Å². The summed E-state index contributed by atoms with van der Waals surface area (Å²) in [5.41, 5.74) is 2.27. The number of alkyl halides is 3. The molecule has 1 aromatic heterocycles. The number of carbonyl (C=O) groups excluding carboxylic acids is 4. The molecule has 2 aromatic carbocycles. The molecule has 0 saturated carbocycles. The fourth-order valence-corrected chi connectivity index (χ4v) is 3.52. The molecular weight excluding hydrogens is 611 g/mol. The number of carbonyl (C=O) groups is 4. The molecule has 1 heterocycles. The van der Waals surface area contributed by atoms with Crippen LogP contribution in [0.1, 0.15) is 41.0 Å². The second-order valence-electron chi connectivity index (χ2n) is 8.81. The van der Waals surface area contributed by atoms with E-state index in [0.717, 1.165) is 11.3 Å². The highest BCUT2D eigenvalue weighted by atomic mass is 19.4. The fourth-order valence-electron chi connectivity index (χ4n) is 3.52. The fraction of sp³-hybridized carbons (Fsp3) is 0.233. The van der Waals surface area contributed by atoms with Crippen LogP contribution in [0, 0.1) is 11.5 Å². The van der Waals surface area contributed by atoms with Crippen molar-refractivity contribution in [3.63, 3.8) is 0 Å². The number of nitriles is 1. The van der Waals surface area contributed by atoms with Gasteiger partial charge in [-0.3, -0.25) is 29.5 Å². The third kappa shape index (κ3) is 15.1. The average Bonchev–Trinajstić information content (AvgIpc) is 3.03. The van der Waals surface area contributed by atoms with Crippen LogP contribution in [0.25, 0.3) is 0 Å². The first-order valence-corrected chi connectivity index (χ1v) is 13.3. The molecule has 1 unspecified atom stereocenters. The van der Waals surface area contributed by atoms with Crippen LogP contribution in [0.5, 0.6) is 0 Å². The SMILES string of the molecule is CCOC(=O)CC(NC(=O)CNC(=O)c1cccc(NC(=NCc2ccccn2)NC#N)c1)c1ccccc1.O.O=CC(F)(F)F. The number of hydrogen-bond acceptors (Lipinski definition) is 8. The number of rotatable bonds is 11. The molecule has 0 aliphatic carbocycles. The number of benzene rings is 2. The largest absolute Gasteiger partial charge is 0.466 e. The zero-order valence-corrected chi connectivity index (χ0v) is 24.5. The summed E-state index contributed by atoms with van der Waals surface area (Å²) < 4.78 is 36.3. The van der Waals surface area contributed by atoms with E-state index >= 15 is 0 Å². The highest BCUT2D eigenvalue weighted by Gasteiger charge is 2.25. The molecule has 0 radical (unpaired) electrons. The number of nitrogens with zero attached hydrogens (tertiary/aromatic N) is 3. The summed E-state index contributed by atoms with van der Waals surface area (Å²) in [6, 6.07) is 20.4. The van der Waals surface area contributed by atoms with E-state index in [0.29, 0.717) is 11.3 Å². The number of halogens is 3. The van der Waals surface area contributed by atoms with E-state index in [1.807, 2.05) is 36.5 Å². The van der Waals surface area contributed by atoms with Gasteiger partial charge in [0.05, 0.1) is 37.9 Å². The topological polar surface area (TPSA) is 206 Å². The zero-order valence-electron chi connectivity index (χ0n) is 24.5. The van der Waals surface area contributed by atoms with Crippen molar-refractivity contribution in [3.05, 3.63) is 95.8 Å². The molecule has 0 bridgehead atoms. The van der Waals surface area contributed by atoms with Crippen molar-refractivity contribution in [2.75, 3.05) is 18.5 Å². The standard InChI is InChI=1S/C28H29N7O4.C2HF3O.H2O/c1-2-39-26(37)16-24(20-9-4-3-5-10-20)35-25(36)18-31-27(38)21-11-8-13-22(15-21)34-28(33-19-29)32-17-23-12-6-7-14-30-23;3-2(4,5)1-6;/h3-15,24H,2,16-18H2,1H3,(H,31,38)(H,35,36)(H2,32,33,34);1H;1H2. The number of nitrogens with one attached hydrogen (secondary N) is 4. The Kier molecular flexibility index (Phi) is 16.8. The number of aliphatic imine (C=N–C) groups is 1. The van der Waals surface area contributed by atoms with E-state index in [1.165, 1.54) is 0 Å². The maximum absolute atomic E-state index is 12.7. The summed E-state index contributed by atoms with van der Waals surface area (Å²) in [6.07, 6.45) is -2.26. The molecular formula is C30H32F3N7O6. The highest BCUT2D eigenvalue weighted by molar-refractivity contribution is 5.99. The Bertz CT molecular complexity index is 1480. The van der Waals surface area contributed by atoms with Gasteiger partial charge in [-0.15, -0.1) is 0 Å². The van der Waals surface area contributed by atoms with E-state index in [2.05, 4.69) is 31.2 Å². The molecule has 0 aliphatic rings. The van der Waals surface area contributed by atoms with E-state index in [4.69, 9.17) is 14.8 Å². The van der Waals surface area contributed by atoms with Crippen molar-refractivity contribution in [1.29, 1.82) is 5.26 Å². The quantitative estimate of drug-likeness (QED) is 0.0604. The first-order valence-electron chi connectivity index (χ1n) is 13.3.